The SMILES string of the molecule is C=CC(=O)N1Cc2sc(Cl)cc2[C@H](c2ccccc2-c2cn(CC)nc2N(C)C)C1. The van der Waals surface area contributed by atoms with Gasteiger partial charge >= 0.3 is 0 Å². The van der Waals surface area contributed by atoms with Crippen LogP contribution in [-0.4, -0.2) is 41.2 Å². The zero-order chi connectivity index (χ0) is 21.4. The fourth-order valence-corrected chi connectivity index (χ4v) is 5.44. The molecule has 5 nitrogen and oxygen atoms in total. The number of nitrogens with zero attached hydrogens (tertiary/aromatic N) is 4. The van der Waals surface area contributed by atoms with Gasteiger partial charge in [0.2, 0.25) is 5.91 Å². The summed E-state index contributed by atoms with van der Waals surface area (Å²) in [5, 5.41) is 4.74. The number of aromatic nitrogens is 2. The normalized spacial score (nSPS) is 15.7. The third-order valence-corrected chi connectivity index (χ3v) is 6.79. The summed E-state index contributed by atoms with van der Waals surface area (Å²) >= 11 is 7.94. The van der Waals surface area contributed by atoms with Crippen molar-refractivity contribution in [2.75, 3.05) is 25.5 Å². The quantitative estimate of drug-likeness (QED) is 0.523. The van der Waals surface area contributed by atoms with E-state index >= 15 is 0 Å². The maximum Gasteiger partial charge on any atom is 0.246 e. The second-order valence-corrected chi connectivity index (χ2v) is 9.38. The average molecular weight is 441 g/mol. The number of hydrogen-bond acceptors (Lipinski definition) is 4. The average Bonchev–Trinajstić information content (AvgIpc) is 3.35. The lowest BCUT2D eigenvalue weighted by Crippen LogP contribution is -2.37. The predicted octanol–water partition coefficient (Wildman–Crippen LogP) is 5.01. The summed E-state index contributed by atoms with van der Waals surface area (Å²) in [4.78, 5) is 17.5. The molecule has 2 aromatic heterocycles. The number of fused-ring (bicyclic) bond motifs is 1. The zero-order valence-electron chi connectivity index (χ0n) is 17.4. The highest BCUT2D eigenvalue weighted by Gasteiger charge is 2.32. The van der Waals surface area contributed by atoms with Crippen molar-refractivity contribution in [2.45, 2.75) is 25.9 Å². The Morgan fingerprint density at radius 3 is 2.80 bits per heavy atom. The third kappa shape index (κ3) is 3.66. The second kappa shape index (κ2) is 8.28. The number of hydrogen-bond donors (Lipinski definition) is 0. The highest BCUT2D eigenvalue weighted by Crippen LogP contribution is 2.44. The Morgan fingerprint density at radius 2 is 2.10 bits per heavy atom. The van der Waals surface area contributed by atoms with Crippen LogP contribution >= 0.6 is 22.9 Å². The molecule has 3 aromatic rings. The molecule has 0 N–H and O–H groups in total. The number of carbonyl (C=O) groups is 1. The van der Waals surface area contributed by atoms with E-state index in [4.69, 9.17) is 16.7 Å². The van der Waals surface area contributed by atoms with Crippen molar-refractivity contribution < 1.29 is 4.79 Å². The molecule has 1 amide bonds. The van der Waals surface area contributed by atoms with Crippen molar-refractivity contribution in [1.82, 2.24) is 14.7 Å². The lowest BCUT2D eigenvalue weighted by atomic mass is 9.84. The number of thiophene rings is 1. The molecule has 1 atom stereocenters. The first-order valence-corrected chi connectivity index (χ1v) is 11.2. The van der Waals surface area contributed by atoms with Crippen molar-refractivity contribution in [3.63, 3.8) is 0 Å². The summed E-state index contributed by atoms with van der Waals surface area (Å²) in [6, 6.07) is 10.5. The molecule has 0 bridgehead atoms. The second-order valence-electron chi connectivity index (χ2n) is 7.61. The van der Waals surface area contributed by atoms with Gasteiger partial charge in [-0.25, -0.2) is 0 Å². The van der Waals surface area contributed by atoms with E-state index in [0.717, 1.165) is 32.7 Å². The van der Waals surface area contributed by atoms with Gasteiger partial charge in [-0.2, -0.15) is 5.10 Å². The first-order valence-electron chi connectivity index (χ1n) is 9.96. The molecule has 7 heteroatoms. The molecule has 0 aliphatic carbocycles. The van der Waals surface area contributed by atoms with Crippen LogP contribution in [0.1, 0.15) is 28.8 Å². The van der Waals surface area contributed by atoms with Gasteiger partial charge in [0.25, 0.3) is 0 Å². The fraction of sp³-hybridized carbons (Fsp3) is 0.304. The highest BCUT2D eigenvalue weighted by molar-refractivity contribution is 7.16. The Kier molecular flexibility index (Phi) is 5.71. The van der Waals surface area contributed by atoms with E-state index in [1.165, 1.54) is 17.2 Å². The van der Waals surface area contributed by atoms with Crippen LogP contribution in [0, 0.1) is 0 Å². The molecule has 4 rings (SSSR count). The van der Waals surface area contributed by atoms with Gasteiger partial charge in [0.05, 0.1) is 10.9 Å². The van der Waals surface area contributed by atoms with Crippen molar-refractivity contribution in [3.8, 4) is 11.1 Å². The maximum atomic E-state index is 12.5. The van der Waals surface area contributed by atoms with Crippen molar-refractivity contribution in [1.29, 1.82) is 0 Å². The summed E-state index contributed by atoms with van der Waals surface area (Å²) in [7, 11) is 4.02. The minimum atomic E-state index is -0.0552. The topological polar surface area (TPSA) is 41.4 Å². The van der Waals surface area contributed by atoms with Gasteiger partial charge in [-0.05, 0) is 35.8 Å². The molecule has 0 fully saturated rings. The molecule has 30 heavy (non-hydrogen) atoms. The number of aryl methyl sites for hydroxylation is 1. The highest BCUT2D eigenvalue weighted by atomic mass is 35.5. The van der Waals surface area contributed by atoms with E-state index in [0.29, 0.717) is 13.1 Å². The molecule has 0 spiro atoms. The molecule has 1 aliphatic heterocycles. The Morgan fingerprint density at radius 1 is 1.33 bits per heavy atom. The molecule has 0 radical (unpaired) electrons. The maximum absolute atomic E-state index is 12.5. The van der Waals surface area contributed by atoms with Gasteiger partial charge < -0.3 is 9.80 Å². The standard InChI is InChI=1S/C23H25ClN4OS/c1-5-22(29)27-12-18(17-11-21(24)30-20(17)14-27)15-9-7-8-10-16(15)19-13-28(6-2)25-23(19)26(3)4/h5,7-11,13,18H,1,6,12,14H2,2-4H3/t18-/m0/s1. The molecular weight excluding hydrogens is 416 g/mol. The van der Waals surface area contributed by atoms with Gasteiger partial charge in [0.1, 0.15) is 0 Å². The number of carbonyl (C=O) groups excluding carboxylic acids is 1. The third-order valence-electron chi connectivity index (χ3n) is 5.53. The summed E-state index contributed by atoms with van der Waals surface area (Å²) in [6.07, 6.45) is 3.49. The van der Waals surface area contributed by atoms with Crippen LogP contribution in [0.5, 0.6) is 0 Å². The van der Waals surface area contributed by atoms with Crippen LogP contribution in [0.2, 0.25) is 4.34 Å². The van der Waals surface area contributed by atoms with Crippen LogP contribution in [0.25, 0.3) is 11.1 Å². The summed E-state index contributed by atoms with van der Waals surface area (Å²) < 4.78 is 2.71. The Labute approximate surface area is 186 Å². The fourth-order valence-electron chi connectivity index (χ4n) is 4.09. The van der Waals surface area contributed by atoms with E-state index in [9.17, 15) is 4.79 Å². The number of anilines is 1. The number of rotatable bonds is 5. The van der Waals surface area contributed by atoms with Crippen molar-refractivity contribution >= 4 is 34.7 Å². The minimum absolute atomic E-state index is 0.0394. The Bertz CT molecular complexity index is 1100. The number of amides is 1. The molecular formula is C23H25ClN4OS. The van der Waals surface area contributed by atoms with E-state index in [1.54, 1.807) is 11.3 Å². The summed E-state index contributed by atoms with van der Waals surface area (Å²) in [5.41, 5.74) is 4.60. The van der Waals surface area contributed by atoms with Gasteiger partial charge in [-0.1, -0.05) is 42.4 Å². The van der Waals surface area contributed by atoms with Gasteiger partial charge in [-0.3, -0.25) is 9.48 Å². The molecule has 1 aromatic carbocycles. The van der Waals surface area contributed by atoms with Crippen LogP contribution in [0.4, 0.5) is 5.82 Å². The molecule has 0 unspecified atom stereocenters. The first kappa shape index (κ1) is 20.7. The Hall–Kier alpha value is -2.57. The number of benzene rings is 1. The minimum Gasteiger partial charge on any atom is -0.361 e. The smallest absolute Gasteiger partial charge is 0.246 e. The van der Waals surface area contributed by atoms with Crippen molar-refractivity contribution in [3.05, 3.63) is 69.5 Å². The largest absolute Gasteiger partial charge is 0.361 e. The van der Waals surface area contributed by atoms with Crippen LogP contribution < -0.4 is 4.90 Å². The molecule has 0 saturated heterocycles. The van der Waals surface area contributed by atoms with Crippen LogP contribution in [0.3, 0.4) is 0 Å². The van der Waals surface area contributed by atoms with E-state index in [-0.39, 0.29) is 11.8 Å². The van der Waals surface area contributed by atoms with E-state index < -0.39 is 0 Å². The molecule has 156 valence electrons. The monoisotopic (exact) mass is 440 g/mol. The lowest BCUT2D eigenvalue weighted by molar-refractivity contribution is -0.127. The van der Waals surface area contributed by atoms with Gasteiger partial charge in [0, 0.05) is 49.7 Å². The molecule has 3 heterocycles. The van der Waals surface area contributed by atoms with Gasteiger partial charge in [0.15, 0.2) is 5.82 Å². The van der Waals surface area contributed by atoms with Gasteiger partial charge in [-0.15, -0.1) is 11.3 Å². The van der Waals surface area contributed by atoms with E-state index in [2.05, 4.69) is 50.0 Å². The summed E-state index contributed by atoms with van der Waals surface area (Å²) in [6.45, 7) is 7.74. The summed E-state index contributed by atoms with van der Waals surface area (Å²) in [5.74, 6) is 0.917. The van der Waals surface area contributed by atoms with E-state index in [1.807, 2.05) is 28.6 Å². The molecule has 0 saturated carbocycles. The Balaban J connectivity index is 1.87. The number of halogens is 1. The molecule has 1 aliphatic rings. The zero-order valence-corrected chi connectivity index (χ0v) is 19.0. The predicted molar refractivity (Wildman–Crippen MR) is 124 cm³/mol. The van der Waals surface area contributed by atoms with Crippen molar-refractivity contribution in [2.24, 2.45) is 0 Å². The van der Waals surface area contributed by atoms with Crippen LogP contribution in [-0.2, 0) is 17.9 Å². The first-order chi connectivity index (χ1) is 14.4. The van der Waals surface area contributed by atoms with Crippen LogP contribution in [0.15, 0.2) is 49.2 Å². The lowest BCUT2D eigenvalue weighted by Gasteiger charge is -2.33.